The van der Waals surface area contributed by atoms with E-state index in [9.17, 15) is 18.0 Å². The number of nitrogens with zero attached hydrogens (tertiary/aromatic N) is 2. The molecule has 3 N–H and O–H groups in total. The smallest absolute Gasteiger partial charge is 0.303 e. The average Bonchev–Trinajstić information content (AvgIpc) is 2.85. The van der Waals surface area contributed by atoms with Gasteiger partial charge in [0.25, 0.3) is 10.1 Å². The molecule has 0 atom stereocenters. The first-order valence-corrected chi connectivity index (χ1v) is 9.84. The van der Waals surface area contributed by atoms with Crippen molar-refractivity contribution in [3.05, 3.63) is 17.5 Å². The van der Waals surface area contributed by atoms with E-state index < -0.39 is 16.1 Å². The van der Waals surface area contributed by atoms with Crippen LogP contribution in [0.2, 0.25) is 0 Å². The Morgan fingerprint density at radius 2 is 2.00 bits per heavy atom. The van der Waals surface area contributed by atoms with Crippen LogP contribution in [0.3, 0.4) is 0 Å². The molecular formula is C16H22N4O6S. The minimum absolute atomic E-state index is 0.104. The van der Waals surface area contributed by atoms with Gasteiger partial charge in [0.2, 0.25) is 5.91 Å². The zero-order valence-corrected chi connectivity index (χ0v) is 16.3. The fourth-order valence-corrected chi connectivity index (χ4v) is 3.03. The molecule has 0 saturated carbocycles. The number of aryl methyl sites for hydroxylation is 1. The molecule has 148 valence electrons. The maximum atomic E-state index is 11.5. The van der Waals surface area contributed by atoms with Crippen molar-refractivity contribution in [1.29, 1.82) is 0 Å². The van der Waals surface area contributed by atoms with E-state index in [0.717, 1.165) is 6.26 Å². The minimum atomic E-state index is -3.62. The number of hydrogen-bond acceptors (Lipinski definition) is 8. The zero-order chi connectivity index (χ0) is 20.4. The summed E-state index contributed by atoms with van der Waals surface area (Å²) in [6, 6.07) is 1.74. The first-order chi connectivity index (χ1) is 12.5. The molecule has 0 aliphatic carbocycles. The van der Waals surface area contributed by atoms with Crippen LogP contribution in [-0.4, -0.2) is 42.7 Å². The van der Waals surface area contributed by atoms with Gasteiger partial charge in [-0.15, -0.1) is 0 Å². The Labute approximate surface area is 156 Å². The number of nitrogen functional groups attached to an aromatic ring is 1. The molecule has 0 fully saturated rings. The van der Waals surface area contributed by atoms with Gasteiger partial charge in [0, 0.05) is 20.4 Å². The van der Waals surface area contributed by atoms with E-state index in [4.69, 9.17) is 14.7 Å². The number of imidazole rings is 1. The van der Waals surface area contributed by atoms with Crippen molar-refractivity contribution in [2.45, 2.75) is 33.9 Å². The summed E-state index contributed by atoms with van der Waals surface area (Å²) in [6.45, 7) is 4.25. The molecule has 10 nitrogen and oxygen atoms in total. The van der Waals surface area contributed by atoms with Gasteiger partial charge < -0.3 is 20.4 Å². The highest BCUT2D eigenvalue weighted by Crippen LogP contribution is 2.33. The number of nitrogens with one attached hydrogen (secondary N) is 1. The molecule has 0 saturated heterocycles. The molecule has 1 heterocycles. The van der Waals surface area contributed by atoms with Gasteiger partial charge in [-0.1, -0.05) is 0 Å². The van der Waals surface area contributed by atoms with Gasteiger partial charge >= 0.3 is 5.97 Å². The maximum Gasteiger partial charge on any atom is 0.303 e. The second-order valence-electron chi connectivity index (χ2n) is 6.02. The average molecular weight is 398 g/mol. The third-order valence-corrected chi connectivity index (χ3v) is 4.26. The molecular weight excluding hydrogens is 376 g/mol. The number of fused-ring (bicyclic) bond motifs is 1. The van der Waals surface area contributed by atoms with Gasteiger partial charge in [-0.25, -0.2) is 4.98 Å². The van der Waals surface area contributed by atoms with Crippen LogP contribution in [0, 0.1) is 6.92 Å². The van der Waals surface area contributed by atoms with Crippen molar-refractivity contribution >= 4 is 44.4 Å². The van der Waals surface area contributed by atoms with Crippen LogP contribution in [0.25, 0.3) is 11.0 Å². The number of ether oxygens (including phenoxy) is 1. The quantitative estimate of drug-likeness (QED) is 0.398. The second-order valence-corrected chi connectivity index (χ2v) is 7.66. The van der Waals surface area contributed by atoms with E-state index in [2.05, 4.69) is 10.3 Å². The monoisotopic (exact) mass is 398 g/mol. The van der Waals surface area contributed by atoms with Crippen LogP contribution in [0.4, 0.5) is 11.4 Å². The number of amides is 1. The van der Waals surface area contributed by atoms with Crippen LogP contribution in [0.15, 0.2) is 6.07 Å². The highest BCUT2D eigenvalue weighted by Gasteiger charge is 2.19. The molecule has 27 heavy (non-hydrogen) atoms. The predicted octanol–water partition coefficient (Wildman–Crippen LogP) is 0.925. The summed E-state index contributed by atoms with van der Waals surface area (Å²) >= 11 is 0. The zero-order valence-electron chi connectivity index (χ0n) is 15.5. The number of benzene rings is 1. The topological polar surface area (TPSA) is 143 Å². The van der Waals surface area contributed by atoms with E-state index >= 15 is 0 Å². The van der Waals surface area contributed by atoms with Gasteiger partial charge in [0.1, 0.15) is 12.4 Å². The molecule has 1 aromatic carbocycles. The summed E-state index contributed by atoms with van der Waals surface area (Å²) in [7, 11) is -3.62. The van der Waals surface area contributed by atoms with E-state index in [1.807, 2.05) is 0 Å². The number of nitrogens with two attached hydrogens (primary N) is 1. The molecule has 0 spiro atoms. The highest BCUT2D eigenvalue weighted by atomic mass is 32.2. The van der Waals surface area contributed by atoms with Crippen LogP contribution in [0.5, 0.6) is 0 Å². The molecule has 0 radical (unpaired) electrons. The molecule has 0 unspecified atom stereocenters. The summed E-state index contributed by atoms with van der Waals surface area (Å²) in [5.41, 5.74) is 8.71. The van der Waals surface area contributed by atoms with Gasteiger partial charge in [0.05, 0.1) is 35.3 Å². The van der Waals surface area contributed by atoms with Gasteiger partial charge in [0.15, 0.2) is 0 Å². The summed E-state index contributed by atoms with van der Waals surface area (Å²) in [5, 5.41) is 2.68. The minimum Gasteiger partial charge on any atom is -0.458 e. The molecule has 1 aromatic heterocycles. The van der Waals surface area contributed by atoms with Crippen LogP contribution in [-0.2, 0) is 41.8 Å². The second kappa shape index (κ2) is 7.92. The lowest BCUT2D eigenvalue weighted by Gasteiger charge is -2.14. The number of rotatable bonds is 7. The normalized spacial score (nSPS) is 11.6. The molecule has 2 aromatic rings. The molecule has 1 amide bonds. The summed E-state index contributed by atoms with van der Waals surface area (Å²) < 4.78 is 33.9. The van der Waals surface area contributed by atoms with Crippen molar-refractivity contribution in [2.24, 2.45) is 0 Å². The van der Waals surface area contributed by atoms with Crippen LogP contribution in [0.1, 0.15) is 25.2 Å². The fourth-order valence-electron chi connectivity index (χ4n) is 2.65. The third-order valence-electron chi connectivity index (χ3n) is 3.66. The summed E-state index contributed by atoms with van der Waals surface area (Å²) in [6.07, 6.45) is 0.950. The maximum absolute atomic E-state index is 11.5. The summed E-state index contributed by atoms with van der Waals surface area (Å²) in [4.78, 5) is 27.1. The van der Waals surface area contributed by atoms with E-state index in [1.165, 1.54) is 13.8 Å². The highest BCUT2D eigenvalue weighted by molar-refractivity contribution is 7.85. The van der Waals surface area contributed by atoms with Crippen LogP contribution >= 0.6 is 0 Å². The predicted molar refractivity (Wildman–Crippen MR) is 99.5 cm³/mol. The van der Waals surface area contributed by atoms with E-state index in [-0.39, 0.29) is 31.4 Å². The van der Waals surface area contributed by atoms with E-state index in [0.29, 0.717) is 28.1 Å². The van der Waals surface area contributed by atoms with Gasteiger partial charge in [-0.3, -0.25) is 13.8 Å². The lowest BCUT2D eigenvalue weighted by Crippen LogP contribution is -2.15. The number of anilines is 2. The number of carbonyl (C=O) groups excluding carboxylic acids is 2. The lowest BCUT2D eigenvalue weighted by atomic mass is 10.1. The number of esters is 1. The summed E-state index contributed by atoms with van der Waals surface area (Å²) in [5.74, 6) is -0.386. The van der Waals surface area contributed by atoms with Crippen molar-refractivity contribution in [3.8, 4) is 0 Å². The van der Waals surface area contributed by atoms with Crippen molar-refractivity contribution in [3.63, 3.8) is 0 Å². The largest absolute Gasteiger partial charge is 0.458 e. The first-order valence-electron chi connectivity index (χ1n) is 8.03. The van der Waals surface area contributed by atoms with Crippen molar-refractivity contribution in [1.82, 2.24) is 9.55 Å². The van der Waals surface area contributed by atoms with Gasteiger partial charge in [-0.2, -0.15) is 8.42 Å². The number of carbonyl (C=O) groups is 2. The lowest BCUT2D eigenvalue weighted by molar-refractivity contribution is -0.142. The standard InChI is InChI=1S/C16H22N4O6S/c1-9-7-12-16(14(17)15(9)18-10(2)21)20(5-6-26-27(4,23)24)13(19-12)8-25-11(3)22/h7H,5-6,8,17H2,1-4H3,(H,18,21). The number of aromatic nitrogens is 2. The van der Waals surface area contributed by atoms with E-state index in [1.54, 1.807) is 17.6 Å². The molecule has 11 heteroatoms. The molecule has 0 aliphatic heterocycles. The van der Waals surface area contributed by atoms with Gasteiger partial charge in [-0.05, 0) is 18.6 Å². The molecule has 2 rings (SSSR count). The Morgan fingerprint density at radius 1 is 1.33 bits per heavy atom. The Bertz CT molecular complexity index is 996. The Hall–Kier alpha value is -2.66. The SMILES string of the molecule is CC(=O)Nc1c(C)cc2nc(COC(C)=O)n(CCOS(C)(=O)=O)c2c1N. The van der Waals surface area contributed by atoms with Crippen molar-refractivity contribution < 1.29 is 26.9 Å². The Morgan fingerprint density at radius 3 is 2.56 bits per heavy atom. The molecule has 0 bridgehead atoms. The third kappa shape index (κ3) is 5.17. The first kappa shape index (κ1) is 20.6. The Kier molecular flexibility index (Phi) is 6.06. The molecule has 0 aliphatic rings. The fraction of sp³-hybridized carbons (Fsp3) is 0.438. The van der Waals surface area contributed by atoms with Crippen LogP contribution < -0.4 is 11.1 Å². The number of hydrogen-bond donors (Lipinski definition) is 2. The van der Waals surface area contributed by atoms with Crippen molar-refractivity contribution in [2.75, 3.05) is 23.9 Å². The Balaban J connectivity index is 2.55.